The molecule has 0 spiro atoms. The zero-order valence-electron chi connectivity index (χ0n) is 15.0. The van der Waals surface area contributed by atoms with Gasteiger partial charge in [0.15, 0.2) is 0 Å². The van der Waals surface area contributed by atoms with Crippen LogP contribution in [-0.4, -0.2) is 19.6 Å². The summed E-state index contributed by atoms with van der Waals surface area (Å²) in [6, 6.07) is 8.18. The first-order chi connectivity index (χ1) is 10.5. The molecule has 0 bridgehead atoms. The Morgan fingerprint density at radius 3 is 2.05 bits per heavy atom. The van der Waals surface area contributed by atoms with Gasteiger partial charge in [-0.25, -0.2) is 0 Å². The van der Waals surface area contributed by atoms with Crippen molar-refractivity contribution in [3.8, 4) is 12.0 Å². The molecule has 124 valence electrons. The van der Waals surface area contributed by atoms with Crippen LogP contribution >= 0.6 is 7.92 Å². The molecule has 0 saturated carbocycles. The third kappa shape index (κ3) is 6.67. The number of ether oxygens (including phenoxy) is 2. The molecule has 0 fully saturated rings. The van der Waals surface area contributed by atoms with Gasteiger partial charge in [0.2, 0.25) is 0 Å². The van der Waals surface area contributed by atoms with E-state index >= 15 is 0 Å². The van der Waals surface area contributed by atoms with Gasteiger partial charge in [-0.2, -0.15) is 5.26 Å². The van der Waals surface area contributed by atoms with Crippen molar-refractivity contribution >= 4 is 7.92 Å². The van der Waals surface area contributed by atoms with Crippen molar-refractivity contribution in [3.05, 3.63) is 29.8 Å². The highest BCUT2D eigenvalue weighted by Gasteiger charge is 2.19. The molecule has 0 aliphatic rings. The lowest BCUT2D eigenvalue weighted by molar-refractivity contribution is -0.0218. The average molecular weight is 323 g/mol. The predicted molar refractivity (Wildman–Crippen MR) is 95.5 cm³/mol. The molecule has 0 aromatic heterocycles. The third-order valence-electron chi connectivity index (χ3n) is 3.19. The topological polar surface area (TPSA) is 42.2 Å². The summed E-state index contributed by atoms with van der Waals surface area (Å²) in [5, 5.41) is 8.53. The highest BCUT2D eigenvalue weighted by atomic mass is 31.1. The van der Waals surface area contributed by atoms with Crippen molar-refractivity contribution in [2.24, 2.45) is 5.92 Å². The fraction of sp³-hybridized carbons (Fsp3) is 0.611. The van der Waals surface area contributed by atoms with Crippen LogP contribution in [0.3, 0.4) is 0 Å². The van der Waals surface area contributed by atoms with E-state index in [4.69, 9.17) is 14.7 Å². The van der Waals surface area contributed by atoms with E-state index in [1.54, 1.807) is 6.26 Å². The smallest absolute Gasteiger partial charge is 0.289 e. The molecule has 2 unspecified atom stereocenters. The van der Waals surface area contributed by atoms with Crippen molar-refractivity contribution in [1.82, 2.24) is 0 Å². The van der Waals surface area contributed by atoms with E-state index < -0.39 is 6.29 Å². The van der Waals surface area contributed by atoms with Crippen LogP contribution < -0.4 is 4.74 Å². The number of hydrogen-bond acceptors (Lipinski definition) is 3. The van der Waals surface area contributed by atoms with Crippen LogP contribution in [0.5, 0.6) is 5.75 Å². The van der Waals surface area contributed by atoms with E-state index in [1.807, 2.05) is 32.9 Å². The van der Waals surface area contributed by atoms with Gasteiger partial charge in [0.1, 0.15) is 5.75 Å². The molecule has 3 nitrogen and oxygen atoms in total. The summed E-state index contributed by atoms with van der Waals surface area (Å²) in [5.41, 5.74) is 1.97. The van der Waals surface area contributed by atoms with Gasteiger partial charge in [-0.1, -0.05) is 46.8 Å². The van der Waals surface area contributed by atoms with Gasteiger partial charge in [0.25, 0.3) is 12.5 Å². The maximum Gasteiger partial charge on any atom is 0.289 e. The SMILES string of the molecule is CC.CCC(OC#N)Oc1ccc(C(C(C)C)P(C)C)cc1. The van der Waals surface area contributed by atoms with Gasteiger partial charge in [-0.15, -0.1) is 7.92 Å². The molecule has 22 heavy (non-hydrogen) atoms. The highest BCUT2D eigenvalue weighted by molar-refractivity contribution is 7.56. The summed E-state index contributed by atoms with van der Waals surface area (Å²) in [5.74, 6) is 1.38. The van der Waals surface area contributed by atoms with Crippen LogP contribution in [0.15, 0.2) is 24.3 Å². The summed E-state index contributed by atoms with van der Waals surface area (Å²) in [4.78, 5) is 0. The van der Waals surface area contributed by atoms with Crippen LogP contribution in [0.1, 0.15) is 52.3 Å². The van der Waals surface area contributed by atoms with Crippen molar-refractivity contribution in [2.45, 2.75) is 53.0 Å². The largest absolute Gasteiger partial charge is 0.454 e. The predicted octanol–water partition coefficient (Wildman–Crippen LogP) is 5.76. The Morgan fingerprint density at radius 2 is 1.68 bits per heavy atom. The number of nitrogens with zero attached hydrogens (tertiary/aromatic N) is 1. The molecule has 2 atom stereocenters. The lowest BCUT2D eigenvalue weighted by Crippen LogP contribution is -2.17. The molecule has 0 aliphatic carbocycles. The van der Waals surface area contributed by atoms with Gasteiger partial charge in [-0.05, 0) is 36.9 Å². The van der Waals surface area contributed by atoms with Crippen molar-refractivity contribution in [2.75, 3.05) is 13.3 Å². The molecule has 0 radical (unpaired) electrons. The van der Waals surface area contributed by atoms with Gasteiger partial charge in [0, 0.05) is 12.1 Å². The first-order valence-corrected chi connectivity index (χ1v) is 10.3. The minimum Gasteiger partial charge on any atom is -0.454 e. The van der Waals surface area contributed by atoms with E-state index in [0.717, 1.165) is 5.75 Å². The molecule has 0 aliphatic heterocycles. The summed E-state index contributed by atoms with van der Waals surface area (Å²) >= 11 is 0. The van der Waals surface area contributed by atoms with Crippen molar-refractivity contribution < 1.29 is 9.47 Å². The molecule has 0 saturated heterocycles. The summed E-state index contributed by atoms with van der Waals surface area (Å²) in [6.45, 7) is 15.1. The highest BCUT2D eigenvalue weighted by Crippen LogP contribution is 2.49. The third-order valence-corrected chi connectivity index (χ3v) is 5.20. The van der Waals surface area contributed by atoms with Crippen LogP contribution in [-0.2, 0) is 4.74 Å². The molecule has 0 amide bonds. The van der Waals surface area contributed by atoms with Gasteiger partial charge in [0.05, 0.1) is 0 Å². The van der Waals surface area contributed by atoms with Gasteiger partial charge >= 0.3 is 0 Å². The number of benzene rings is 1. The first-order valence-electron chi connectivity index (χ1n) is 7.97. The molecule has 4 heteroatoms. The second-order valence-electron chi connectivity index (χ2n) is 5.39. The Kier molecular flexibility index (Phi) is 10.7. The van der Waals surface area contributed by atoms with Crippen molar-refractivity contribution in [3.63, 3.8) is 0 Å². The maximum atomic E-state index is 8.53. The van der Waals surface area contributed by atoms with Gasteiger partial charge < -0.3 is 9.47 Å². The number of rotatable bonds is 7. The fourth-order valence-electron chi connectivity index (χ4n) is 2.42. The number of nitriles is 1. The zero-order chi connectivity index (χ0) is 17.1. The van der Waals surface area contributed by atoms with E-state index in [-0.39, 0.29) is 7.92 Å². The van der Waals surface area contributed by atoms with Gasteiger partial charge in [-0.3, -0.25) is 0 Å². The molecule has 0 N–H and O–H groups in total. The molecular weight excluding hydrogens is 293 g/mol. The molecule has 1 aromatic carbocycles. The average Bonchev–Trinajstić information content (AvgIpc) is 2.50. The van der Waals surface area contributed by atoms with Crippen LogP contribution in [0.4, 0.5) is 0 Å². The van der Waals surface area contributed by atoms with E-state index in [0.29, 0.717) is 18.0 Å². The Hall–Kier alpha value is -1.26. The Morgan fingerprint density at radius 1 is 1.14 bits per heavy atom. The lowest BCUT2D eigenvalue weighted by atomic mass is 10.0. The van der Waals surface area contributed by atoms with Crippen LogP contribution in [0, 0.1) is 17.4 Å². The zero-order valence-corrected chi connectivity index (χ0v) is 15.9. The second-order valence-corrected chi connectivity index (χ2v) is 7.87. The summed E-state index contributed by atoms with van der Waals surface area (Å²) in [7, 11) is -0.0234. The minimum atomic E-state index is -0.499. The van der Waals surface area contributed by atoms with Crippen LogP contribution in [0.2, 0.25) is 0 Å². The monoisotopic (exact) mass is 323 g/mol. The Bertz CT molecular complexity index is 429. The second kappa shape index (κ2) is 11.3. The maximum absolute atomic E-state index is 8.53. The quantitative estimate of drug-likeness (QED) is 0.364. The summed E-state index contributed by atoms with van der Waals surface area (Å²) < 4.78 is 10.5. The Balaban J connectivity index is 0.00000211. The molecule has 0 heterocycles. The molecule has 1 rings (SSSR count). The minimum absolute atomic E-state index is 0.0234. The van der Waals surface area contributed by atoms with Crippen LogP contribution in [0.25, 0.3) is 0 Å². The first kappa shape index (κ1) is 20.7. The molecule has 1 aromatic rings. The molecular formula is C18H30NO2P. The number of hydrogen-bond donors (Lipinski definition) is 0. The van der Waals surface area contributed by atoms with E-state index in [2.05, 4.69) is 39.3 Å². The lowest BCUT2D eigenvalue weighted by Gasteiger charge is -2.26. The standard InChI is InChI=1S/C16H24NO2P.C2H6/c1-6-15(18-11-17)19-14-9-7-13(8-10-14)16(12(2)3)20(4)5;1-2/h7-10,12,15-16H,6H2,1-5H3;1-2H3. The van der Waals surface area contributed by atoms with E-state index in [1.165, 1.54) is 5.56 Å². The van der Waals surface area contributed by atoms with E-state index in [9.17, 15) is 0 Å². The normalized spacial score (nSPS) is 12.9. The summed E-state index contributed by atoms with van der Waals surface area (Å²) in [6.07, 6.45) is 1.82. The Labute approximate surface area is 137 Å². The van der Waals surface area contributed by atoms with Crippen molar-refractivity contribution in [1.29, 1.82) is 5.26 Å². The fourth-order valence-corrected chi connectivity index (χ4v) is 4.39.